The molecule has 0 bridgehead atoms. The molecule has 0 spiro atoms. The van der Waals surface area contributed by atoms with E-state index in [-0.39, 0.29) is 5.78 Å². The van der Waals surface area contributed by atoms with E-state index in [4.69, 9.17) is 4.74 Å². The maximum absolute atomic E-state index is 10.5. The van der Waals surface area contributed by atoms with Gasteiger partial charge in [0.2, 0.25) is 0 Å². The van der Waals surface area contributed by atoms with Gasteiger partial charge in [-0.25, -0.2) is 0 Å². The Morgan fingerprint density at radius 2 is 2.60 bits per heavy atom. The van der Waals surface area contributed by atoms with Crippen LogP contribution in [0, 0.1) is 0 Å². The molecule has 0 amide bonds. The van der Waals surface area contributed by atoms with Crippen LogP contribution >= 0.6 is 0 Å². The minimum Gasteiger partial charge on any atom is -0.380 e. The summed E-state index contributed by atoms with van der Waals surface area (Å²) < 4.78 is 5.12. The summed E-state index contributed by atoms with van der Waals surface area (Å²) in [6.07, 6.45) is 1.04. The molecule has 3 heteroatoms. The summed E-state index contributed by atoms with van der Waals surface area (Å²) in [7, 11) is 0. The van der Waals surface area contributed by atoms with Crippen molar-refractivity contribution < 1.29 is 9.53 Å². The summed E-state index contributed by atoms with van der Waals surface area (Å²) in [6.45, 7) is 3.65. The summed E-state index contributed by atoms with van der Waals surface area (Å²) in [5.41, 5.74) is 0. The van der Waals surface area contributed by atoms with Crippen LogP contribution in [0.2, 0.25) is 0 Å². The molecule has 0 aromatic rings. The molecule has 0 radical (unpaired) electrons. The Bertz CT molecular complexity index is 119. The molecule has 0 saturated carbocycles. The quantitative estimate of drug-likeness (QED) is 0.602. The van der Waals surface area contributed by atoms with E-state index in [0.717, 1.165) is 19.6 Å². The van der Waals surface area contributed by atoms with Gasteiger partial charge in [-0.1, -0.05) is 0 Å². The van der Waals surface area contributed by atoms with Crippen molar-refractivity contribution in [1.29, 1.82) is 0 Å². The fourth-order valence-corrected chi connectivity index (χ4v) is 0.984. The highest BCUT2D eigenvalue weighted by Crippen LogP contribution is 2.01. The molecule has 10 heavy (non-hydrogen) atoms. The number of carbonyl (C=O) groups excluding carboxylic acids is 1. The maximum atomic E-state index is 10.5. The average Bonchev–Trinajstić information content (AvgIpc) is 2.34. The molecule has 1 fully saturated rings. The van der Waals surface area contributed by atoms with Crippen molar-refractivity contribution in [3.8, 4) is 0 Å². The highest BCUT2D eigenvalue weighted by molar-refractivity contribution is 5.77. The number of nitrogens with one attached hydrogen (secondary N) is 1. The normalized spacial score (nSPS) is 25.1. The molecule has 1 aliphatic heterocycles. The number of ether oxygens (including phenoxy) is 1. The Hall–Kier alpha value is -0.410. The van der Waals surface area contributed by atoms with E-state index in [2.05, 4.69) is 5.32 Å². The van der Waals surface area contributed by atoms with Gasteiger partial charge in [-0.05, 0) is 13.3 Å². The number of hydrogen-bond donors (Lipinski definition) is 1. The number of rotatable bonds is 3. The van der Waals surface area contributed by atoms with E-state index in [9.17, 15) is 4.79 Å². The van der Waals surface area contributed by atoms with Gasteiger partial charge in [0.15, 0.2) is 0 Å². The van der Waals surface area contributed by atoms with Gasteiger partial charge in [-0.3, -0.25) is 4.79 Å². The Balaban J connectivity index is 2.07. The molecule has 1 heterocycles. The lowest BCUT2D eigenvalue weighted by atomic mass is 10.2. The van der Waals surface area contributed by atoms with Crippen LogP contribution in [0.4, 0.5) is 0 Å². The van der Waals surface area contributed by atoms with Crippen LogP contribution in [0.3, 0.4) is 0 Å². The largest absolute Gasteiger partial charge is 0.380 e. The van der Waals surface area contributed by atoms with Crippen LogP contribution in [0.15, 0.2) is 0 Å². The number of carbonyl (C=O) groups is 1. The van der Waals surface area contributed by atoms with Crippen LogP contribution < -0.4 is 5.32 Å². The summed E-state index contributed by atoms with van der Waals surface area (Å²) >= 11 is 0. The van der Waals surface area contributed by atoms with Crippen molar-refractivity contribution >= 4 is 5.78 Å². The second-order valence-electron chi connectivity index (χ2n) is 2.64. The molecule has 1 saturated heterocycles. The van der Waals surface area contributed by atoms with E-state index in [0.29, 0.717) is 12.6 Å². The molecule has 1 atom stereocenters. The van der Waals surface area contributed by atoms with Gasteiger partial charge in [0.25, 0.3) is 0 Å². The van der Waals surface area contributed by atoms with Gasteiger partial charge in [0.1, 0.15) is 5.78 Å². The van der Waals surface area contributed by atoms with Crippen molar-refractivity contribution in [2.24, 2.45) is 0 Å². The van der Waals surface area contributed by atoms with Crippen LogP contribution in [0.1, 0.15) is 13.3 Å². The molecule has 58 valence electrons. The zero-order chi connectivity index (χ0) is 7.40. The topological polar surface area (TPSA) is 38.3 Å². The van der Waals surface area contributed by atoms with Crippen LogP contribution in [0.25, 0.3) is 0 Å². The van der Waals surface area contributed by atoms with Crippen molar-refractivity contribution in [3.63, 3.8) is 0 Å². The fourth-order valence-electron chi connectivity index (χ4n) is 0.984. The minimum absolute atomic E-state index is 0.187. The third-order valence-corrected chi connectivity index (χ3v) is 1.57. The van der Waals surface area contributed by atoms with Gasteiger partial charge in [-0.2, -0.15) is 0 Å². The highest BCUT2D eigenvalue weighted by Gasteiger charge is 2.14. The summed E-state index contributed by atoms with van der Waals surface area (Å²) in [4.78, 5) is 10.5. The lowest BCUT2D eigenvalue weighted by Crippen LogP contribution is -2.32. The first kappa shape index (κ1) is 7.69. The third kappa shape index (κ3) is 2.45. The number of ketones is 1. The first-order valence-corrected chi connectivity index (χ1v) is 3.59. The second-order valence-corrected chi connectivity index (χ2v) is 2.64. The van der Waals surface area contributed by atoms with Crippen molar-refractivity contribution in [3.05, 3.63) is 0 Å². The predicted molar refractivity (Wildman–Crippen MR) is 37.9 cm³/mol. The highest BCUT2D eigenvalue weighted by atomic mass is 16.5. The van der Waals surface area contributed by atoms with Gasteiger partial charge >= 0.3 is 0 Å². The van der Waals surface area contributed by atoms with E-state index in [1.54, 1.807) is 6.92 Å². The molecule has 1 rings (SSSR count). The van der Waals surface area contributed by atoms with E-state index >= 15 is 0 Å². The fraction of sp³-hybridized carbons (Fsp3) is 0.857. The predicted octanol–water partition coefficient (Wildman–Crippen LogP) is -0.0461. The Morgan fingerprint density at radius 1 is 1.80 bits per heavy atom. The first-order valence-electron chi connectivity index (χ1n) is 3.59. The molecule has 0 unspecified atom stereocenters. The Morgan fingerprint density at radius 3 is 3.10 bits per heavy atom. The molecule has 1 N–H and O–H groups in total. The smallest absolute Gasteiger partial charge is 0.143 e. The van der Waals surface area contributed by atoms with Gasteiger partial charge < -0.3 is 10.1 Å². The third-order valence-electron chi connectivity index (χ3n) is 1.57. The molecule has 0 aromatic heterocycles. The van der Waals surface area contributed by atoms with Crippen molar-refractivity contribution in [1.82, 2.24) is 5.32 Å². The summed E-state index contributed by atoms with van der Waals surface area (Å²) in [5.74, 6) is 0.187. The molecular formula is C7H13NO2. The van der Waals surface area contributed by atoms with Crippen LogP contribution in [-0.4, -0.2) is 31.6 Å². The van der Waals surface area contributed by atoms with Crippen LogP contribution in [0.5, 0.6) is 0 Å². The first-order chi connectivity index (χ1) is 4.79. The maximum Gasteiger partial charge on any atom is 0.143 e. The SMILES string of the molecule is CC(=O)CN[C@@H]1CCOC1. The zero-order valence-electron chi connectivity index (χ0n) is 6.22. The standard InChI is InChI=1S/C7H13NO2/c1-6(9)4-8-7-2-3-10-5-7/h7-8H,2-5H2,1H3/t7-/m1/s1. The van der Waals surface area contributed by atoms with Gasteiger partial charge in [-0.15, -0.1) is 0 Å². The molecular weight excluding hydrogens is 130 g/mol. The summed E-state index contributed by atoms with van der Waals surface area (Å²) in [6, 6.07) is 0.406. The summed E-state index contributed by atoms with van der Waals surface area (Å²) in [5, 5.41) is 3.11. The van der Waals surface area contributed by atoms with Crippen LogP contribution in [-0.2, 0) is 9.53 Å². The van der Waals surface area contributed by atoms with Gasteiger partial charge in [0.05, 0.1) is 13.2 Å². The lowest BCUT2D eigenvalue weighted by molar-refractivity contribution is -0.116. The minimum atomic E-state index is 0.187. The van der Waals surface area contributed by atoms with Gasteiger partial charge in [0, 0.05) is 12.6 Å². The lowest BCUT2D eigenvalue weighted by Gasteiger charge is -2.06. The Kier molecular flexibility index (Phi) is 2.83. The monoisotopic (exact) mass is 143 g/mol. The van der Waals surface area contributed by atoms with E-state index in [1.807, 2.05) is 0 Å². The molecule has 3 nitrogen and oxygen atoms in total. The molecule has 1 aliphatic rings. The number of hydrogen-bond acceptors (Lipinski definition) is 3. The average molecular weight is 143 g/mol. The van der Waals surface area contributed by atoms with Crippen molar-refractivity contribution in [2.45, 2.75) is 19.4 Å². The molecule has 0 aromatic carbocycles. The van der Waals surface area contributed by atoms with Crippen molar-refractivity contribution in [2.75, 3.05) is 19.8 Å². The second kappa shape index (κ2) is 3.68. The number of Topliss-reactive ketones (excluding diaryl/α,β-unsaturated/α-hetero) is 1. The van der Waals surface area contributed by atoms with E-state index in [1.165, 1.54) is 0 Å². The van der Waals surface area contributed by atoms with E-state index < -0.39 is 0 Å². The molecule has 0 aliphatic carbocycles. The Labute approximate surface area is 60.7 Å². The zero-order valence-corrected chi connectivity index (χ0v) is 6.22.